The van der Waals surface area contributed by atoms with Crippen LogP contribution in [0.4, 0.5) is 0 Å². The van der Waals surface area contributed by atoms with Crippen molar-refractivity contribution in [1.29, 1.82) is 0 Å². The van der Waals surface area contributed by atoms with Crippen LogP contribution in [0.5, 0.6) is 0 Å². The number of carbonyl (C=O) groups excluding carboxylic acids is 1. The zero-order valence-corrected chi connectivity index (χ0v) is 28.0. The molecule has 0 aliphatic carbocycles. The summed E-state index contributed by atoms with van der Waals surface area (Å²) in [7, 11) is 0. The molecular weight excluding hydrogens is 532 g/mol. The van der Waals surface area contributed by atoms with Crippen LogP contribution in [0.2, 0.25) is 0 Å². The number of allylic oxidation sites excluding steroid dienone is 10. The molecule has 0 saturated heterocycles. The Balaban J connectivity index is 3.97. The first-order valence-electron chi connectivity index (χ1n) is 17.8. The van der Waals surface area contributed by atoms with Gasteiger partial charge in [-0.2, -0.15) is 0 Å². The topological polar surface area (TPSA) is 63.6 Å². The number of esters is 1. The van der Waals surface area contributed by atoms with Gasteiger partial charge in [-0.1, -0.05) is 132 Å². The molecule has 0 bridgehead atoms. The first-order valence-corrected chi connectivity index (χ1v) is 17.8. The van der Waals surface area contributed by atoms with Crippen LogP contribution in [0.25, 0.3) is 0 Å². The minimum atomic E-state index is -0.753. The van der Waals surface area contributed by atoms with E-state index in [2.05, 4.69) is 74.6 Å². The number of ether oxygens (including phenoxy) is 1. The van der Waals surface area contributed by atoms with E-state index in [1.165, 1.54) is 51.4 Å². The fourth-order valence-corrected chi connectivity index (χ4v) is 4.91. The Morgan fingerprint density at radius 1 is 0.535 bits per heavy atom. The second kappa shape index (κ2) is 34.1. The van der Waals surface area contributed by atoms with Gasteiger partial charge in [0.25, 0.3) is 0 Å². The van der Waals surface area contributed by atoms with Gasteiger partial charge in [-0.25, -0.2) is 0 Å². The smallest absolute Gasteiger partial charge is 0.306 e. The molecule has 4 heteroatoms. The van der Waals surface area contributed by atoms with Gasteiger partial charge < -0.3 is 9.84 Å². The second-order valence-electron chi connectivity index (χ2n) is 11.7. The van der Waals surface area contributed by atoms with Crippen molar-refractivity contribution in [2.24, 2.45) is 0 Å². The predicted molar refractivity (Wildman–Crippen MR) is 185 cm³/mol. The Morgan fingerprint density at radius 3 is 1.51 bits per heavy atom. The normalized spacial score (nSPS) is 13.0. The second-order valence-corrected chi connectivity index (χ2v) is 11.7. The number of rotatable bonds is 31. The third kappa shape index (κ3) is 34.0. The standard InChI is InChI=1S/C39H66O4/c1-3-5-7-9-11-13-14-15-16-17-18-19-20-21-22-24-26-28-30-36-39(42)43-37(34-31-32-35-38(40)41)33-29-27-25-23-12-10-8-6-4-2/h5,7,11,13,15-16,18-19,21-22,37H,3-4,6,8-10,12,14,17,20,23-36H2,1-2H3,(H,40,41)/b7-5-,13-11-,16-15-,19-18-,22-21-. The maximum Gasteiger partial charge on any atom is 0.306 e. The van der Waals surface area contributed by atoms with E-state index in [-0.39, 0.29) is 18.5 Å². The molecular formula is C39H66O4. The molecule has 0 rings (SSSR count). The van der Waals surface area contributed by atoms with Gasteiger partial charge in [0.15, 0.2) is 0 Å². The lowest BCUT2D eigenvalue weighted by molar-refractivity contribution is -0.150. The van der Waals surface area contributed by atoms with Crippen LogP contribution in [-0.4, -0.2) is 23.1 Å². The van der Waals surface area contributed by atoms with Crippen LogP contribution >= 0.6 is 0 Å². The van der Waals surface area contributed by atoms with Crippen LogP contribution in [0.3, 0.4) is 0 Å². The third-order valence-corrected chi connectivity index (χ3v) is 7.50. The fraction of sp³-hybridized carbons (Fsp3) is 0.692. The molecule has 1 atom stereocenters. The van der Waals surface area contributed by atoms with Gasteiger partial charge in [0, 0.05) is 12.8 Å². The highest BCUT2D eigenvalue weighted by molar-refractivity contribution is 5.69. The largest absolute Gasteiger partial charge is 0.481 e. The van der Waals surface area contributed by atoms with Crippen molar-refractivity contribution in [3.8, 4) is 0 Å². The van der Waals surface area contributed by atoms with Crippen LogP contribution in [0, 0.1) is 0 Å². The number of carbonyl (C=O) groups is 2. The van der Waals surface area contributed by atoms with Crippen molar-refractivity contribution in [1.82, 2.24) is 0 Å². The van der Waals surface area contributed by atoms with Crippen molar-refractivity contribution in [2.75, 3.05) is 0 Å². The summed E-state index contributed by atoms with van der Waals surface area (Å²) in [4.78, 5) is 23.3. The Labute approximate surface area is 265 Å². The average molecular weight is 599 g/mol. The SMILES string of the molecule is CC/C=C\C/C=C\C/C=C\C/C=C\C/C=C\CCCCCC(=O)OC(CCCCCCCCCCC)CCCCC(=O)O. The van der Waals surface area contributed by atoms with Crippen LogP contribution in [0.1, 0.15) is 168 Å². The van der Waals surface area contributed by atoms with Gasteiger partial charge in [-0.05, 0) is 83.5 Å². The maximum atomic E-state index is 12.5. The van der Waals surface area contributed by atoms with Crippen LogP contribution < -0.4 is 0 Å². The monoisotopic (exact) mass is 598 g/mol. The number of unbranched alkanes of at least 4 members (excludes halogenated alkanes) is 12. The van der Waals surface area contributed by atoms with Gasteiger partial charge in [0.05, 0.1) is 0 Å². The van der Waals surface area contributed by atoms with E-state index >= 15 is 0 Å². The van der Waals surface area contributed by atoms with Gasteiger partial charge in [-0.3, -0.25) is 9.59 Å². The van der Waals surface area contributed by atoms with Crippen molar-refractivity contribution < 1.29 is 19.4 Å². The van der Waals surface area contributed by atoms with E-state index in [9.17, 15) is 9.59 Å². The highest BCUT2D eigenvalue weighted by Crippen LogP contribution is 2.18. The van der Waals surface area contributed by atoms with E-state index in [0.717, 1.165) is 83.5 Å². The van der Waals surface area contributed by atoms with E-state index in [0.29, 0.717) is 12.8 Å². The lowest BCUT2D eigenvalue weighted by Gasteiger charge is -2.18. The van der Waals surface area contributed by atoms with E-state index in [1.807, 2.05) is 0 Å². The molecule has 1 N–H and O–H groups in total. The number of hydrogen-bond acceptors (Lipinski definition) is 3. The minimum absolute atomic E-state index is 0.0628. The third-order valence-electron chi connectivity index (χ3n) is 7.50. The summed E-state index contributed by atoms with van der Waals surface area (Å²) in [6.45, 7) is 4.40. The Morgan fingerprint density at radius 2 is 0.977 bits per heavy atom. The van der Waals surface area contributed by atoms with Crippen molar-refractivity contribution in [2.45, 2.75) is 174 Å². The van der Waals surface area contributed by atoms with Crippen molar-refractivity contribution in [3.05, 3.63) is 60.8 Å². The predicted octanol–water partition coefficient (Wildman–Crippen LogP) is 12.2. The molecule has 0 saturated carbocycles. The highest BCUT2D eigenvalue weighted by Gasteiger charge is 2.14. The Hall–Kier alpha value is -2.36. The van der Waals surface area contributed by atoms with E-state index in [4.69, 9.17) is 9.84 Å². The summed E-state index contributed by atoms with van der Waals surface area (Å²) in [5, 5.41) is 8.90. The van der Waals surface area contributed by atoms with Gasteiger partial charge >= 0.3 is 11.9 Å². The zero-order valence-electron chi connectivity index (χ0n) is 28.0. The molecule has 0 heterocycles. The summed E-state index contributed by atoms with van der Waals surface area (Å²) in [6, 6.07) is 0. The molecule has 1 unspecified atom stereocenters. The van der Waals surface area contributed by atoms with Gasteiger partial charge in [0.1, 0.15) is 6.10 Å². The average Bonchev–Trinajstić information content (AvgIpc) is 2.99. The zero-order chi connectivity index (χ0) is 31.5. The molecule has 4 nitrogen and oxygen atoms in total. The van der Waals surface area contributed by atoms with Gasteiger partial charge in [0.2, 0.25) is 0 Å². The lowest BCUT2D eigenvalue weighted by Crippen LogP contribution is -2.18. The Kier molecular flexibility index (Phi) is 32.3. The molecule has 0 aromatic carbocycles. The summed E-state index contributed by atoms with van der Waals surface area (Å²) >= 11 is 0. The summed E-state index contributed by atoms with van der Waals surface area (Å²) in [5.74, 6) is -0.842. The summed E-state index contributed by atoms with van der Waals surface area (Å²) in [5.41, 5.74) is 0. The molecule has 0 spiro atoms. The molecule has 43 heavy (non-hydrogen) atoms. The molecule has 0 fully saturated rings. The molecule has 0 radical (unpaired) electrons. The number of aliphatic carboxylic acids is 1. The number of carboxylic acids is 1. The molecule has 0 aliphatic heterocycles. The first-order chi connectivity index (χ1) is 21.1. The van der Waals surface area contributed by atoms with Crippen molar-refractivity contribution >= 4 is 11.9 Å². The number of hydrogen-bond donors (Lipinski definition) is 1. The van der Waals surface area contributed by atoms with Crippen LogP contribution in [0.15, 0.2) is 60.8 Å². The minimum Gasteiger partial charge on any atom is -0.481 e. The molecule has 0 amide bonds. The lowest BCUT2D eigenvalue weighted by atomic mass is 10.0. The van der Waals surface area contributed by atoms with E-state index < -0.39 is 5.97 Å². The molecule has 0 aromatic rings. The van der Waals surface area contributed by atoms with Gasteiger partial charge in [-0.15, -0.1) is 0 Å². The van der Waals surface area contributed by atoms with Crippen LogP contribution in [-0.2, 0) is 14.3 Å². The summed E-state index contributed by atoms with van der Waals surface area (Å²) in [6.07, 6.45) is 46.5. The first kappa shape index (κ1) is 40.6. The van der Waals surface area contributed by atoms with E-state index in [1.54, 1.807) is 0 Å². The molecule has 0 aliphatic rings. The number of carboxylic acid groups (broad SMARTS) is 1. The molecule has 246 valence electrons. The molecule has 0 aromatic heterocycles. The highest BCUT2D eigenvalue weighted by atomic mass is 16.5. The summed E-state index contributed by atoms with van der Waals surface area (Å²) < 4.78 is 5.85. The fourth-order valence-electron chi connectivity index (χ4n) is 4.91. The Bertz CT molecular complexity index is 774. The quantitative estimate of drug-likeness (QED) is 0.0490. The van der Waals surface area contributed by atoms with Crippen molar-refractivity contribution in [3.63, 3.8) is 0 Å². The maximum absolute atomic E-state index is 12.5.